The van der Waals surface area contributed by atoms with Crippen LogP contribution >= 0.6 is 24.0 Å². The van der Waals surface area contributed by atoms with Crippen molar-refractivity contribution in [3.63, 3.8) is 0 Å². The molecule has 0 radical (unpaired) electrons. The maximum absolute atomic E-state index is 5.45. The molecule has 0 aliphatic carbocycles. The number of nitrogens with one attached hydrogen (secondary N) is 2. The fourth-order valence-corrected chi connectivity index (χ4v) is 1.97. The van der Waals surface area contributed by atoms with Crippen LogP contribution in [0.4, 0.5) is 0 Å². The van der Waals surface area contributed by atoms with Gasteiger partial charge in [-0.15, -0.1) is 24.0 Å². The van der Waals surface area contributed by atoms with Crippen LogP contribution in [0.5, 0.6) is 17.2 Å². The molecule has 0 aliphatic rings. The van der Waals surface area contributed by atoms with E-state index in [-0.39, 0.29) is 24.0 Å². The van der Waals surface area contributed by atoms with E-state index in [0.717, 1.165) is 5.56 Å². The molecule has 0 spiro atoms. The Morgan fingerprint density at radius 3 is 2.22 bits per heavy atom. The third kappa shape index (κ3) is 6.30. The Kier molecular flexibility index (Phi) is 11.3. The van der Waals surface area contributed by atoms with Crippen LogP contribution in [-0.2, 0) is 11.3 Å². The lowest BCUT2D eigenvalue weighted by Gasteiger charge is -2.17. The van der Waals surface area contributed by atoms with Gasteiger partial charge in [-0.25, -0.2) is 0 Å². The molecular formula is C15H26IN3O4. The summed E-state index contributed by atoms with van der Waals surface area (Å²) >= 11 is 0. The van der Waals surface area contributed by atoms with Crippen LogP contribution in [0.15, 0.2) is 17.1 Å². The van der Waals surface area contributed by atoms with Crippen molar-refractivity contribution in [2.24, 2.45) is 4.99 Å². The zero-order valence-electron chi connectivity index (χ0n) is 14.3. The number of aliphatic imine (C=N–C) groups is 1. The van der Waals surface area contributed by atoms with Gasteiger partial charge in [0.25, 0.3) is 0 Å². The minimum absolute atomic E-state index is 0. The van der Waals surface area contributed by atoms with Gasteiger partial charge >= 0.3 is 0 Å². The monoisotopic (exact) mass is 439 g/mol. The predicted octanol–water partition coefficient (Wildman–Crippen LogP) is 1.64. The molecular weight excluding hydrogens is 413 g/mol. The van der Waals surface area contributed by atoms with Crippen molar-refractivity contribution in [3.05, 3.63) is 17.7 Å². The van der Waals surface area contributed by atoms with Crippen molar-refractivity contribution in [1.29, 1.82) is 0 Å². The Hall–Kier alpha value is -1.42. The Labute approximate surface area is 154 Å². The second-order valence-electron chi connectivity index (χ2n) is 4.34. The van der Waals surface area contributed by atoms with E-state index < -0.39 is 0 Å². The molecule has 132 valence electrons. The normalized spacial score (nSPS) is 10.6. The summed E-state index contributed by atoms with van der Waals surface area (Å²) in [6.45, 7) is 1.83. The zero-order chi connectivity index (χ0) is 16.4. The first-order valence-corrected chi connectivity index (χ1v) is 6.93. The quantitative estimate of drug-likeness (QED) is 0.278. The highest BCUT2D eigenvalue weighted by molar-refractivity contribution is 14.0. The van der Waals surface area contributed by atoms with Crippen molar-refractivity contribution in [2.45, 2.75) is 6.54 Å². The summed E-state index contributed by atoms with van der Waals surface area (Å²) < 4.78 is 21.1. The van der Waals surface area contributed by atoms with Gasteiger partial charge < -0.3 is 29.6 Å². The lowest BCUT2D eigenvalue weighted by Crippen LogP contribution is -2.38. The van der Waals surface area contributed by atoms with E-state index in [1.165, 1.54) is 0 Å². The largest absolute Gasteiger partial charge is 0.493 e. The van der Waals surface area contributed by atoms with Gasteiger partial charge in [-0.05, 0) is 12.1 Å². The third-order valence-corrected chi connectivity index (χ3v) is 3.05. The summed E-state index contributed by atoms with van der Waals surface area (Å²) in [5.74, 6) is 2.54. The standard InChI is InChI=1S/C15H25N3O4.HI/c1-16-15(17-8-9-19-2)18-10-11-6-7-12(20-3)14(22-5)13(11)21-4;/h6-7H,8-10H2,1-5H3,(H2,16,17,18);1H. The second-order valence-corrected chi connectivity index (χ2v) is 4.34. The average molecular weight is 439 g/mol. The summed E-state index contributed by atoms with van der Waals surface area (Å²) in [6, 6.07) is 3.77. The second kappa shape index (κ2) is 12.1. The molecule has 1 rings (SSSR count). The molecule has 7 nitrogen and oxygen atoms in total. The van der Waals surface area contributed by atoms with Crippen LogP contribution in [0.3, 0.4) is 0 Å². The van der Waals surface area contributed by atoms with Gasteiger partial charge in [0.15, 0.2) is 17.5 Å². The molecule has 2 N–H and O–H groups in total. The van der Waals surface area contributed by atoms with E-state index in [9.17, 15) is 0 Å². The molecule has 0 saturated heterocycles. The minimum atomic E-state index is 0. The first-order valence-electron chi connectivity index (χ1n) is 6.93. The molecule has 0 atom stereocenters. The molecule has 0 unspecified atom stereocenters. The number of rotatable bonds is 8. The molecule has 23 heavy (non-hydrogen) atoms. The minimum Gasteiger partial charge on any atom is -0.493 e. The molecule has 0 fully saturated rings. The zero-order valence-corrected chi connectivity index (χ0v) is 16.6. The van der Waals surface area contributed by atoms with Gasteiger partial charge in [0.1, 0.15) is 0 Å². The summed E-state index contributed by atoms with van der Waals surface area (Å²) in [4.78, 5) is 4.15. The molecule has 0 saturated carbocycles. The van der Waals surface area contributed by atoms with Crippen LogP contribution in [0.2, 0.25) is 0 Å². The van der Waals surface area contributed by atoms with Crippen LogP contribution in [0.1, 0.15) is 5.56 Å². The van der Waals surface area contributed by atoms with Crippen molar-refractivity contribution in [3.8, 4) is 17.2 Å². The van der Waals surface area contributed by atoms with Gasteiger partial charge in [0.2, 0.25) is 5.75 Å². The van der Waals surface area contributed by atoms with E-state index in [1.54, 1.807) is 35.5 Å². The maximum atomic E-state index is 5.45. The number of ether oxygens (including phenoxy) is 4. The Bertz CT molecular complexity index is 498. The van der Waals surface area contributed by atoms with E-state index in [0.29, 0.717) is 42.9 Å². The number of methoxy groups -OCH3 is 4. The van der Waals surface area contributed by atoms with Crippen molar-refractivity contribution < 1.29 is 18.9 Å². The lowest BCUT2D eigenvalue weighted by atomic mass is 10.1. The van der Waals surface area contributed by atoms with Crippen LogP contribution in [0, 0.1) is 0 Å². The molecule has 1 aromatic rings. The van der Waals surface area contributed by atoms with E-state index in [1.807, 2.05) is 12.1 Å². The SMILES string of the molecule is CN=C(NCCOC)NCc1ccc(OC)c(OC)c1OC.I. The van der Waals surface area contributed by atoms with Crippen molar-refractivity contribution in [2.75, 3.05) is 48.6 Å². The highest BCUT2D eigenvalue weighted by Gasteiger charge is 2.15. The number of nitrogens with zero attached hydrogens (tertiary/aromatic N) is 1. The number of guanidine groups is 1. The first kappa shape index (κ1) is 21.6. The highest BCUT2D eigenvalue weighted by atomic mass is 127. The van der Waals surface area contributed by atoms with Gasteiger partial charge in [-0.1, -0.05) is 0 Å². The van der Waals surface area contributed by atoms with Crippen molar-refractivity contribution >= 4 is 29.9 Å². The molecule has 0 heterocycles. The number of halogens is 1. The van der Waals surface area contributed by atoms with Gasteiger partial charge in [-0.3, -0.25) is 4.99 Å². The Morgan fingerprint density at radius 2 is 1.70 bits per heavy atom. The number of hydrogen-bond donors (Lipinski definition) is 2. The van der Waals surface area contributed by atoms with E-state index >= 15 is 0 Å². The number of benzene rings is 1. The van der Waals surface area contributed by atoms with Crippen molar-refractivity contribution in [1.82, 2.24) is 10.6 Å². The topological polar surface area (TPSA) is 73.3 Å². The Morgan fingerprint density at radius 1 is 1.00 bits per heavy atom. The summed E-state index contributed by atoms with van der Waals surface area (Å²) in [5, 5.41) is 6.36. The molecule has 1 aromatic carbocycles. The molecule has 0 bridgehead atoms. The van der Waals surface area contributed by atoms with E-state index in [4.69, 9.17) is 18.9 Å². The number of hydrogen-bond acceptors (Lipinski definition) is 5. The summed E-state index contributed by atoms with van der Waals surface area (Å²) in [7, 11) is 8.16. The molecule has 8 heteroatoms. The summed E-state index contributed by atoms with van der Waals surface area (Å²) in [5.41, 5.74) is 0.940. The van der Waals surface area contributed by atoms with Crippen LogP contribution < -0.4 is 24.8 Å². The smallest absolute Gasteiger partial charge is 0.203 e. The fourth-order valence-electron chi connectivity index (χ4n) is 1.97. The summed E-state index contributed by atoms with van der Waals surface area (Å²) in [6.07, 6.45) is 0. The van der Waals surface area contributed by atoms with Gasteiger partial charge in [0.05, 0.1) is 27.9 Å². The average Bonchev–Trinajstić information content (AvgIpc) is 2.56. The highest BCUT2D eigenvalue weighted by Crippen LogP contribution is 2.39. The van der Waals surface area contributed by atoms with Gasteiger partial charge in [-0.2, -0.15) is 0 Å². The van der Waals surface area contributed by atoms with Crippen LogP contribution in [0.25, 0.3) is 0 Å². The third-order valence-electron chi connectivity index (χ3n) is 3.05. The fraction of sp³-hybridized carbons (Fsp3) is 0.533. The van der Waals surface area contributed by atoms with Gasteiger partial charge in [0, 0.05) is 32.8 Å². The first-order chi connectivity index (χ1) is 10.7. The maximum Gasteiger partial charge on any atom is 0.203 e. The Balaban J connectivity index is 0.00000484. The van der Waals surface area contributed by atoms with Crippen LogP contribution in [-0.4, -0.2) is 54.6 Å². The molecule has 0 aromatic heterocycles. The molecule has 0 amide bonds. The predicted molar refractivity (Wildman–Crippen MR) is 102 cm³/mol. The lowest BCUT2D eigenvalue weighted by molar-refractivity contribution is 0.203. The molecule has 0 aliphatic heterocycles. The van der Waals surface area contributed by atoms with E-state index in [2.05, 4.69) is 15.6 Å².